The number of carbonyl (C=O) groups excluding carboxylic acids is 5. The van der Waals surface area contributed by atoms with Crippen molar-refractivity contribution in [3.05, 3.63) is 193 Å². The second-order valence-electron chi connectivity index (χ2n) is 20.8. The van der Waals surface area contributed by atoms with Crippen molar-refractivity contribution in [3.63, 3.8) is 0 Å². The Morgan fingerprint density at radius 1 is 0.663 bits per heavy atom. The van der Waals surface area contributed by atoms with Gasteiger partial charge in [0.15, 0.2) is 0 Å². The minimum atomic E-state index is -0.994. The van der Waals surface area contributed by atoms with Crippen LogP contribution in [0.5, 0.6) is 0 Å². The van der Waals surface area contributed by atoms with Gasteiger partial charge in [0.25, 0.3) is 23.6 Å². The smallest absolute Gasteiger partial charge is 0.870 e. The van der Waals surface area contributed by atoms with Crippen LogP contribution in [0, 0.1) is 30.9 Å². The molecular formula is C63H55ClF2N7NaO10S2. The average Bonchev–Trinajstić information content (AvgIpc) is 1.63. The van der Waals surface area contributed by atoms with Crippen molar-refractivity contribution in [1.82, 2.24) is 9.97 Å². The molecule has 23 heteroatoms. The Bertz CT molecular complexity index is 3980. The van der Waals surface area contributed by atoms with Gasteiger partial charge >= 0.3 is 41.5 Å². The third kappa shape index (κ3) is 12.9. The van der Waals surface area contributed by atoms with E-state index in [1.807, 2.05) is 37.3 Å². The standard InChI is InChI=1S/C34H31FN4O5S.C29H23ClFN3O4S.Na.H2O/c1-20-6-8-25(30(36-20)38-18-34(19-38)11-14-44-15-12-34)31(40)37-22-7-9-23(26(35)17-22)32(41)39-13-10-21-16-28(33(42)43)45-29(21)24-4-2-3-5-27(24)39;1-3-38-29(37)24-14-17-12-13-34(23-7-5-4-6-20(23)25(17)39-24)28(36)19-11-9-18(15-22(19)31)33-27(35)21-10-8-16(2)32-26(21)30;;/h2-9,16-17H,10-15,18-19H2,1H3,(H,37,40)(H,42,43);4-11,14-15H,3,12-13H2,1-2H3,(H,33,35);;1H2/q;;+1;/p-1. The van der Waals surface area contributed by atoms with Gasteiger partial charge in [-0.05, 0) is 143 Å². The summed E-state index contributed by atoms with van der Waals surface area (Å²) in [6.45, 7) is 9.34. The molecule has 4 aromatic carbocycles. The summed E-state index contributed by atoms with van der Waals surface area (Å²) in [5.41, 5.74) is 6.86. The van der Waals surface area contributed by atoms with Gasteiger partial charge in [-0.2, -0.15) is 0 Å². The number of esters is 1. The number of carbonyl (C=O) groups is 6. The van der Waals surface area contributed by atoms with Crippen molar-refractivity contribution < 1.29 is 87.2 Å². The van der Waals surface area contributed by atoms with E-state index in [9.17, 15) is 33.9 Å². The molecule has 2 saturated heterocycles. The number of aromatic carboxylic acids is 1. The van der Waals surface area contributed by atoms with Gasteiger partial charge in [0, 0.05) is 88.5 Å². The number of aromatic nitrogens is 2. The van der Waals surface area contributed by atoms with E-state index in [1.54, 1.807) is 73.3 Å². The molecule has 8 aromatic rings. The molecule has 4 aliphatic heterocycles. The molecule has 86 heavy (non-hydrogen) atoms. The molecule has 4 aliphatic rings. The molecular weight excluding hydrogens is 1180 g/mol. The summed E-state index contributed by atoms with van der Waals surface area (Å²) in [6, 6.07) is 32.8. The summed E-state index contributed by atoms with van der Waals surface area (Å²) in [5.74, 6) is -4.26. The fourth-order valence-corrected chi connectivity index (χ4v) is 13.4. The van der Waals surface area contributed by atoms with Crippen LogP contribution in [0.3, 0.4) is 0 Å². The van der Waals surface area contributed by atoms with E-state index < -0.39 is 41.2 Å². The molecule has 8 heterocycles. The number of hydrogen-bond acceptors (Lipinski definition) is 14. The van der Waals surface area contributed by atoms with Crippen molar-refractivity contribution in [2.75, 3.05) is 71.3 Å². The molecule has 4 amide bonds. The number of rotatable bonds is 10. The molecule has 0 saturated carbocycles. The number of carboxylic acids is 1. The van der Waals surface area contributed by atoms with Gasteiger partial charge in [0.1, 0.15) is 32.4 Å². The zero-order valence-corrected chi connectivity index (χ0v) is 51.6. The number of nitrogens with one attached hydrogen (secondary N) is 2. The van der Waals surface area contributed by atoms with Crippen molar-refractivity contribution in [1.29, 1.82) is 0 Å². The Morgan fingerprint density at radius 2 is 1.14 bits per heavy atom. The molecule has 0 aliphatic carbocycles. The first-order chi connectivity index (χ1) is 40.5. The van der Waals surface area contributed by atoms with Gasteiger partial charge < -0.3 is 45.4 Å². The van der Waals surface area contributed by atoms with Gasteiger partial charge in [0.05, 0.1) is 40.2 Å². The van der Waals surface area contributed by atoms with Crippen LogP contribution >= 0.6 is 34.3 Å². The Balaban J connectivity index is 0.000000203. The number of thiophene rings is 2. The van der Waals surface area contributed by atoms with Crippen molar-refractivity contribution in [2.24, 2.45) is 5.41 Å². The first-order valence-electron chi connectivity index (χ1n) is 27.1. The number of aryl methyl sites for hydroxylation is 2. The van der Waals surface area contributed by atoms with Gasteiger partial charge in [-0.1, -0.05) is 48.0 Å². The Labute approximate surface area is 528 Å². The number of benzene rings is 4. The third-order valence-corrected chi connectivity index (χ3v) is 17.9. The second-order valence-corrected chi connectivity index (χ2v) is 23.2. The molecule has 436 valence electrons. The summed E-state index contributed by atoms with van der Waals surface area (Å²) in [5, 5.41) is 14.9. The second kappa shape index (κ2) is 26.5. The maximum absolute atomic E-state index is 15.6. The first kappa shape index (κ1) is 62.8. The fourth-order valence-electron chi connectivity index (χ4n) is 10.9. The maximum atomic E-state index is 15.6. The molecule has 2 fully saturated rings. The predicted octanol–water partition coefficient (Wildman–Crippen LogP) is 9.40. The van der Waals surface area contributed by atoms with E-state index >= 15 is 8.78 Å². The Kier molecular flexibility index (Phi) is 19.3. The monoisotopic (exact) mass is 1230 g/mol. The number of nitrogens with zero attached hydrogens (tertiary/aromatic N) is 5. The number of para-hydroxylation sites is 2. The number of anilines is 5. The Hall–Kier alpha value is -7.73. The summed E-state index contributed by atoms with van der Waals surface area (Å²) in [7, 11) is 0. The van der Waals surface area contributed by atoms with Gasteiger partial charge in [-0.3, -0.25) is 19.2 Å². The molecule has 0 bridgehead atoms. The Morgan fingerprint density at radius 3 is 1.65 bits per heavy atom. The summed E-state index contributed by atoms with van der Waals surface area (Å²) < 4.78 is 41.5. The minimum Gasteiger partial charge on any atom is -0.870 e. The fraction of sp³-hybridized carbons (Fsp3) is 0.238. The summed E-state index contributed by atoms with van der Waals surface area (Å²) in [6.07, 6.45) is 2.89. The van der Waals surface area contributed by atoms with Gasteiger partial charge in [-0.25, -0.2) is 28.3 Å². The number of hydrogen-bond donors (Lipinski definition) is 3. The zero-order chi connectivity index (χ0) is 59.0. The van der Waals surface area contributed by atoms with Crippen LogP contribution in [0.15, 0.2) is 121 Å². The van der Waals surface area contributed by atoms with E-state index in [2.05, 4.69) is 25.5 Å². The van der Waals surface area contributed by atoms with Crippen LogP contribution in [-0.4, -0.2) is 102 Å². The van der Waals surface area contributed by atoms with Crippen molar-refractivity contribution in [2.45, 2.75) is 46.5 Å². The minimum absolute atomic E-state index is 0. The first-order valence-corrected chi connectivity index (χ1v) is 29.1. The quantitative estimate of drug-likeness (QED) is 0.0659. The summed E-state index contributed by atoms with van der Waals surface area (Å²) >= 11 is 8.56. The van der Waals surface area contributed by atoms with Crippen LogP contribution in [0.1, 0.15) is 103 Å². The molecule has 12 rings (SSSR count). The number of fused-ring (bicyclic) bond motifs is 6. The molecule has 4 N–H and O–H groups in total. The average molecular weight is 1230 g/mol. The number of amides is 4. The van der Waals surface area contributed by atoms with Crippen LogP contribution in [0.2, 0.25) is 5.15 Å². The van der Waals surface area contributed by atoms with Crippen LogP contribution in [-0.2, 0) is 22.3 Å². The third-order valence-electron chi connectivity index (χ3n) is 15.2. The van der Waals surface area contributed by atoms with E-state index in [-0.39, 0.29) is 97.7 Å². The normalized spacial score (nSPS) is 14.3. The SMILES string of the molecule is CCOC(=O)c1cc2c(s1)-c1ccccc1N(C(=O)c1ccc(NC(=O)c3ccc(C)nc3Cl)cc1F)CC2.Cc1ccc(C(=O)Nc2ccc(C(=O)N3CCc4cc(C(=O)O)sc4-c4ccccc43)c(F)c2)c(N2CC3(CCOCC3)C2)n1.[Na+].[OH-]. The van der Waals surface area contributed by atoms with Gasteiger partial charge in [0.2, 0.25) is 0 Å². The number of carboxylic acid groups (broad SMARTS) is 1. The van der Waals surface area contributed by atoms with Crippen molar-refractivity contribution in [3.8, 4) is 20.9 Å². The summed E-state index contributed by atoms with van der Waals surface area (Å²) in [4.78, 5) is 93.6. The van der Waals surface area contributed by atoms with E-state index in [1.165, 1.54) is 51.8 Å². The van der Waals surface area contributed by atoms with Crippen LogP contribution in [0.4, 0.5) is 37.3 Å². The molecule has 17 nitrogen and oxygen atoms in total. The number of ether oxygens (including phenoxy) is 2. The van der Waals surface area contributed by atoms with Crippen LogP contribution in [0.25, 0.3) is 20.9 Å². The van der Waals surface area contributed by atoms with Gasteiger partial charge in [-0.15, -0.1) is 22.7 Å². The largest absolute Gasteiger partial charge is 1.00 e. The molecule has 0 unspecified atom stereocenters. The van der Waals surface area contributed by atoms with Crippen LogP contribution < -0.4 is 54.9 Å². The molecule has 0 atom stereocenters. The van der Waals surface area contributed by atoms with E-state index in [4.69, 9.17) is 21.1 Å². The zero-order valence-electron chi connectivity index (χ0n) is 47.2. The topological polar surface area (TPSA) is 231 Å². The molecule has 0 radical (unpaired) electrons. The van der Waals surface area contributed by atoms with E-state index in [0.717, 1.165) is 89.0 Å². The maximum Gasteiger partial charge on any atom is 1.00 e. The van der Waals surface area contributed by atoms with E-state index in [0.29, 0.717) is 52.7 Å². The molecule has 4 aromatic heterocycles. The predicted molar refractivity (Wildman–Crippen MR) is 321 cm³/mol. The number of halogens is 3. The number of pyridine rings is 2. The molecule has 1 spiro atoms. The van der Waals surface area contributed by atoms with Crippen molar-refractivity contribution >= 4 is 98.4 Å².